The lowest BCUT2D eigenvalue weighted by molar-refractivity contribution is 0.104. The van der Waals surface area contributed by atoms with Crippen LogP contribution in [-0.4, -0.2) is 25.5 Å². The van der Waals surface area contributed by atoms with Gasteiger partial charge in [0.05, 0.1) is 0 Å². The van der Waals surface area contributed by atoms with Crippen molar-refractivity contribution in [3.05, 3.63) is 82.8 Å². The van der Waals surface area contributed by atoms with Crippen molar-refractivity contribution in [3.63, 3.8) is 0 Å². The summed E-state index contributed by atoms with van der Waals surface area (Å²) in [4.78, 5) is 19.6. The molecule has 0 saturated carbocycles. The highest BCUT2D eigenvalue weighted by Crippen LogP contribution is 2.25. The lowest BCUT2D eigenvalue weighted by atomic mass is 10.0. The van der Waals surface area contributed by atoms with Gasteiger partial charge in [0.15, 0.2) is 0 Å². The Morgan fingerprint density at radius 3 is 2.86 bits per heavy atom. The molecule has 136 valence electrons. The van der Waals surface area contributed by atoms with Gasteiger partial charge in [-0.25, -0.2) is 14.1 Å². The van der Waals surface area contributed by atoms with Crippen LogP contribution in [0.4, 0.5) is 4.39 Å². The summed E-state index contributed by atoms with van der Waals surface area (Å²) in [6, 6.07) is 11.3. The number of aromatic nitrogens is 4. The number of benzene rings is 2. The van der Waals surface area contributed by atoms with E-state index in [0.29, 0.717) is 27.1 Å². The third-order valence-electron chi connectivity index (χ3n) is 4.20. The molecule has 0 spiro atoms. The fourth-order valence-electron chi connectivity index (χ4n) is 2.88. The van der Waals surface area contributed by atoms with Gasteiger partial charge in [-0.3, -0.25) is 4.79 Å². The number of carbonyl (C=O) groups excluding carboxylic acids is 1. The fourth-order valence-corrected chi connectivity index (χ4v) is 3.05. The summed E-state index contributed by atoms with van der Waals surface area (Å²) in [6.07, 6.45) is 5.56. The van der Waals surface area contributed by atoms with E-state index in [0.717, 1.165) is 0 Å². The predicted molar refractivity (Wildman–Crippen MR) is 103 cm³/mol. The fraction of sp³-hybridized carbons (Fsp3) is 0. The van der Waals surface area contributed by atoms with Crippen LogP contribution in [0, 0.1) is 17.1 Å². The SMILES string of the molecule is N#C/C(=C/c1ccc(-n2cncn2)c(F)c1)C(=O)c1c[nH]c2cc(Cl)ccc12. The number of rotatable bonds is 4. The molecule has 0 unspecified atom stereocenters. The lowest BCUT2D eigenvalue weighted by Crippen LogP contribution is -2.02. The summed E-state index contributed by atoms with van der Waals surface area (Å²) in [5.41, 5.74) is 1.53. The van der Waals surface area contributed by atoms with E-state index in [1.54, 1.807) is 24.3 Å². The van der Waals surface area contributed by atoms with Crippen molar-refractivity contribution >= 4 is 34.4 Å². The van der Waals surface area contributed by atoms with E-state index in [-0.39, 0.29) is 11.3 Å². The topological polar surface area (TPSA) is 87.4 Å². The molecule has 0 saturated heterocycles. The number of allylic oxidation sites excluding steroid dienone is 1. The van der Waals surface area contributed by atoms with Crippen LogP contribution in [0.3, 0.4) is 0 Å². The summed E-state index contributed by atoms with van der Waals surface area (Å²) in [7, 11) is 0. The number of hydrogen-bond acceptors (Lipinski definition) is 4. The number of H-pyrrole nitrogens is 1. The first kappa shape index (κ1) is 17.6. The van der Waals surface area contributed by atoms with E-state index in [4.69, 9.17) is 11.6 Å². The molecule has 8 heteroatoms. The number of fused-ring (bicyclic) bond motifs is 1. The van der Waals surface area contributed by atoms with Gasteiger partial charge in [0.1, 0.15) is 35.8 Å². The minimum Gasteiger partial charge on any atom is -0.360 e. The number of hydrogen-bond donors (Lipinski definition) is 1. The van der Waals surface area contributed by atoms with Crippen LogP contribution in [-0.2, 0) is 0 Å². The molecule has 4 aromatic rings. The molecule has 2 heterocycles. The number of nitriles is 1. The molecule has 0 aliphatic heterocycles. The van der Waals surface area contributed by atoms with Crippen molar-refractivity contribution in [3.8, 4) is 11.8 Å². The Labute approximate surface area is 163 Å². The molecule has 0 amide bonds. The zero-order valence-corrected chi connectivity index (χ0v) is 15.0. The van der Waals surface area contributed by atoms with Crippen molar-refractivity contribution in [2.24, 2.45) is 0 Å². The van der Waals surface area contributed by atoms with E-state index < -0.39 is 11.6 Å². The molecule has 4 rings (SSSR count). The molecule has 28 heavy (non-hydrogen) atoms. The lowest BCUT2D eigenvalue weighted by Gasteiger charge is -2.04. The Morgan fingerprint density at radius 1 is 1.29 bits per heavy atom. The Balaban J connectivity index is 1.70. The van der Waals surface area contributed by atoms with E-state index in [1.165, 1.54) is 41.7 Å². The maximum Gasteiger partial charge on any atom is 0.205 e. The molecule has 0 atom stereocenters. The first-order valence-corrected chi connectivity index (χ1v) is 8.52. The Kier molecular flexibility index (Phi) is 4.47. The number of aromatic amines is 1. The number of nitrogens with zero attached hydrogens (tertiary/aromatic N) is 4. The number of nitrogens with one attached hydrogen (secondary N) is 1. The quantitative estimate of drug-likeness (QED) is 0.318. The Bertz CT molecular complexity index is 1270. The van der Waals surface area contributed by atoms with Gasteiger partial charge in [0.25, 0.3) is 0 Å². The standard InChI is InChI=1S/C20H11ClFN5O/c21-14-2-3-15-16(9-25-18(15)7-14)20(28)13(8-23)5-12-1-4-19(17(22)6-12)27-11-24-10-26-27/h1-7,9-11,25H/b13-5-. The molecule has 6 nitrogen and oxygen atoms in total. The highest BCUT2D eigenvalue weighted by molar-refractivity contribution is 6.31. The molecular weight excluding hydrogens is 381 g/mol. The number of carbonyl (C=O) groups is 1. The highest BCUT2D eigenvalue weighted by atomic mass is 35.5. The number of ketones is 1. The smallest absolute Gasteiger partial charge is 0.205 e. The van der Waals surface area contributed by atoms with Gasteiger partial charge in [-0.2, -0.15) is 10.4 Å². The summed E-state index contributed by atoms with van der Waals surface area (Å²) < 4.78 is 15.7. The minimum atomic E-state index is -0.550. The van der Waals surface area contributed by atoms with Gasteiger partial charge >= 0.3 is 0 Å². The molecule has 0 aliphatic carbocycles. The van der Waals surface area contributed by atoms with E-state index in [1.807, 2.05) is 6.07 Å². The van der Waals surface area contributed by atoms with Crippen molar-refractivity contribution in [1.82, 2.24) is 19.7 Å². The van der Waals surface area contributed by atoms with E-state index in [2.05, 4.69) is 15.1 Å². The van der Waals surface area contributed by atoms with Crippen molar-refractivity contribution in [1.29, 1.82) is 5.26 Å². The second kappa shape index (κ2) is 7.10. The van der Waals surface area contributed by atoms with Crippen LogP contribution in [0.25, 0.3) is 22.7 Å². The van der Waals surface area contributed by atoms with Gasteiger partial charge < -0.3 is 4.98 Å². The molecular formula is C20H11ClFN5O. The summed E-state index contributed by atoms with van der Waals surface area (Å²) in [6.45, 7) is 0. The summed E-state index contributed by atoms with van der Waals surface area (Å²) in [5.74, 6) is -1.01. The van der Waals surface area contributed by atoms with Crippen LogP contribution in [0.15, 0.2) is 60.8 Å². The van der Waals surface area contributed by atoms with Gasteiger partial charge in [-0.1, -0.05) is 23.7 Å². The zero-order chi connectivity index (χ0) is 19.7. The largest absolute Gasteiger partial charge is 0.360 e. The second-order valence-electron chi connectivity index (χ2n) is 5.94. The van der Waals surface area contributed by atoms with Gasteiger partial charge in [0, 0.05) is 27.7 Å². The summed E-state index contributed by atoms with van der Waals surface area (Å²) in [5, 5.41) is 14.5. The first-order chi connectivity index (χ1) is 13.6. The van der Waals surface area contributed by atoms with Crippen LogP contribution < -0.4 is 0 Å². The molecule has 2 aromatic heterocycles. The molecule has 0 aliphatic rings. The third-order valence-corrected chi connectivity index (χ3v) is 4.44. The van der Waals surface area contributed by atoms with Gasteiger partial charge in [0.2, 0.25) is 5.78 Å². The van der Waals surface area contributed by atoms with Crippen LogP contribution in [0.1, 0.15) is 15.9 Å². The van der Waals surface area contributed by atoms with E-state index >= 15 is 0 Å². The van der Waals surface area contributed by atoms with Crippen molar-refractivity contribution in [2.75, 3.05) is 0 Å². The molecule has 0 radical (unpaired) electrons. The molecule has 0 fully saturated rings. The highest BCUT2D eigenvalue weighted by Gasteiger charge is 2.17. The monoisotopic (exact) mass is 391 g/mol. The third kappa shape index (κ3) is 3.17. The Morgan fingerprint density at radius 2 is 2.14 bits per heavy atom. The van der Waals surface area contributed by atoms with Crippen molar-refractivity contribution < 1.29 is 9.18 Å². The van der Waals surface area contributed by atoms with Crippen molar-refractivity contribution in [2.45, 2.75) is 0 Å². The summed E-state index contributed by atoms with van der Waals surface area (Å²) >= 11 is 5.95. The Hall–Kier alpha value is -3.76. The van der Waals surface area contributed by atoms with E-state index in [9.17, 15) is 14.4 Å². The maximum atomic E-state index is 14.4. The maximum absolute atomic E-state index is 14.4. The average molecular weight is 392 g/mol. The molecule has 1 N–H and O–H groups in total. The van der Waals surface area contributed by atoms with Crippen LogP contribution in [0.2, 0.25) is 5.02 Å². The first-order valence-electron chi connectivity index (χ1n) is 8.14. The predicted octanol–water partition coefficient (Wildman–Crippen LogP) is 4.33. The molecule has 0 bridgehead atoms. The normalized spacial score (nSPS) is 11.5. The van der Waals surface area contributed by atoms with Gasteiger partial charge in [-0.05, 0) is 35.9 Å². The number of Topliss-reactive ketones (excluding diaryl/α,β-unsaturated/α-hetero) is 1. The zero-order valence-electron chi connectivity index (χ0n) is 14.2. The average Bonchev–Trinajstić information content (AvgIpc) is 3.35. The minimum absolute atomic E-state index is 0.108. The van der Waals surface area contributed by atoms with Crippen LogP contribution >= 0.6 is 11.6 Å². The number of halogens is 2. The molecule has 2 aromatic carbocycles. The van der Waals surface area contributed by atoms with Crippen LogP contribution in [0.5, 0.6) is 0 Å². The van der Waals surface area contributed by atoms with Gasteiger partial charge in [-0.15, -0.1) is 0 Å². The second-order valence-corrected chi connectivity index (χ2v) is 6.38.